The van der Waals surface area contributed by atoms with E-state index in [1.807, 2.05) is 25.1 Å². The fourth-order valence-corrected chi connectivity index (χ4v) is 2.59. The van der Waals surface area contributed by atoms with E-state index in [0.717, 1.165) is 15.4 Å². The maximum atomic E-state index is 12.2. The number of aryl methyl sites for hydroxylation is 1. The molecule has 0 radical (unpaired) electrons. The molecule has 0 saturated carbocycles. The van der Waals surface area contributed by atoms with Gasteiger partial charge in [-0.25, -0.2) is 9.90 Å². The molecule has 1 amide bonds. The molecule has 1 aliphatic heterocycles. The van der Waals surface area contributed by atoms with Crippen LogP contribution in [0.3, 0.4) is 0 Å². The lowest BCUT2D eigenvalue weighted by molar-refractivity contribution is 0.0845. The number of amides is 1. The predicted octanol–water partition coefficient (Wildman–Crippen LogP) is 0.629. The standard InChI is InChI=1S/C12H10BN3O2S/c1-8-6-14-11(19-8)12(17)16-13(18)10-5-3-2-4-9(10)7-15-16/h2-7,18H,1H3. The fraction of sp³-hybridized carbons (Fsp3) is 0.0833. The van der Waals surface area contributed by atoms with Crippen molar-refractivity contribution in [1.82, 2.24) is 9.90 Å². The molecule has 0 unspecified atom stereocenters. The van der Waals surface area contributed by atoms with Crippen molar-refractivity contribution >= 4 is 36.0 Å². The Morgan fingerprint density at radius 2 is 2.21 bits per heavy atom. The molecule has 7 heteroatoms. The van der Waals surface area contributed by atoms with Gasteiger partial charge >= 0.3 is 7.05 Å². The third-order valence-electron chi connectivity index (χ3n) is 2.84. The number of aromatic nitrogens is 1. The molecule has 0 spiro atoms. The van der Waals surface area contributed by atoms with Crippen LogP contribution in [0.4, 0.5) is 0 Å². The van der Waals surface area contributed by atoms with Gasteiger partial charge in [0.05, 0.1) is 6.21 Å². The number of rotatable bonds is 1. The highest BCUT2D eigenvalue weighted by atomic mass is 32.1. The maximum Gasteiger partial charge on any atom is 0.474 e. The summed E-state index contributed by atoms with van der Waals surface area (Å²) in [4.78, 5) is 18.3. The SMILES string of the molecule is Cc1cnc(C(=O)N2N=Cc3ccccc3B2O)s1. The highest BCUT2D eigenvalue weighted by Crippen LogP contribution is 2.16. The summed E-state index contributed by atoms with van der Waals surface area (Å²) in [5, 5.41) is 14.6. The lowest BCUT2D eigenvalue weighted by Gasteiger charge is -2.23. The first-order chi connectivity index (χ1) is 9.16. The zero-order valence-corrected chi connectivity index (χ0v) is 11.0. The lowest BCUT2D eigenvalue weighted by atomic mass is 9.70. The van der Waals surface area contributed by atoms with Crippen molar-refractivity contribution in [2.75, 3.05) is 0 Å². The zero-order valence-electron chi connectivity index (χ0n) is 10.1. The molecule has 94 valence electrons. The van der Waals surface area contributed by atoms with Gasteiger partial charge in [0.25, 0.3) is 5.91 Å². The molecule has 2 heterocycles. The first-order valence-corrected chi connectivity index (χ1v) is 6.55. The highest BCUT2D eigenvalue weighted by molar-refractivity contribution is 7.13. The number of carbonyl (C=O) groups excluding carboxylic acids is 1. The van der Waals surface area contributed by atoms with Crippen molar-refractivity contribution in [2.45, 2.75) is 6.92 Å². The molecule has 0 fully saturated rings. The summed E-state index contributed by atoms with van der Waals surface area (Å²) in [6, 6.07) is 7.30. The summed E-state index contributed by atoms with van der Waals surface area (Å²) in [7, 11) is -1.07. The Morgan fingerprint density at radius 3 is 2.95 bits per heavy atom. The van der Waals surface area contributed by atoms with Crippen molar-refractivity contribution < 1.29 is 9.82 Å². The summed E-state index contributed by atoms with van der Waals surface area (Å²) >= 11 is 1.29. The number of nitrogens with zero attached hydrogens (tertiary/aromatic N) is 3. The topological polar surface area (TPSA) is 65.8 Å². The van der Waals surface area contributed by atoms with Crippen LogP contribution in [-0.4, -0.2) is 34.1 Å². The summed E-state index contributed by atoms with van der Waals surface area (Å²) in [6.45, 7) is 1.87. The van der Waals surface area contributed by atoms with Gasteiger partial charge in [-0.15, -0.1) is 11.3 Å². The molecule has 0 atom stereocenters. The third kappa shape index (κ3) is 2.07. The number of thiazole rings is 1. The van der Waals surface area contributed by atoms with Crippen LogP contribution in [0, 0.1) is 6.92 Å². The molecule has 1 aromatic heterocycles. The van der Waals surface area contributed by atoms with Crippen molar-refractivity contribution in [3.05, 3.63) is 45.9 Å². The molecule has 5 nitrogen and oxygen atoms in total. The minimum Gasteiger partial charge on any atom is -0.427 e. The van der Waals surface area contributed by atoms with Crippen LogP contribution in [0.5, 0.6) is 0 Å². The van der Waals surface area contributed by atoms with Gasteiger partial charge in [-0.2, -0.15) is 5.10 Å². The molecular weight excluding hydrogens is 261 g/mol. The Morgan fingerprint density at radius 1 is 1.42 bits per heavy atom. The van der Waals surface area contributed by atoms with Gasteiger partial charge in [0.15, 0.2) is 5.01 Å². The van der Waals surface area contributed by atoms with Gasteiger partial charge in [0, 0.05) is 11.1 Å². The quantitative estimate of drug-likeness (QED) is 0.773. The van der Waals surface area contributed by atoms with Crippen molar-refractivity contribution in [3.63, 3.8) is 0 Å². The summed E-state index contributed by atoms with van der Waals surface area (Å²) in [5.41, 5.74) is 1.48. The van der Waals surface area contributed by atoms with E-state index < -0.39 is 13.0 Å². The molecule has 3 rings (SSSR count). The number of hydrazone groups is 1. The van der Waals surface area contributed by atoms with Crippen molar-refractivity contribution in [2.24, 2.45) is 5.10 Å². The highest BCUT2D eigenvalue weighted by Gasteiger charge is 2.34. The van der Waals surface area contributed by atoms with E-state index in [9.17, 15) is 9.82 Å². The molecule has 0 aliphatic carbocycles. The number of hydrogen-bond donors (Lipinski definition) is 1. The first kappa shape index (κ1) is 12.1. The van der Waals surface area contributed by atoms with Crippen LogP contribution < -0.4 is 5.46 Å². The normalized spacial score (nSPS) is 13.6. The zero-order chi connectivity index (χ0) is 13.4. The van der Waals surface area contributed by atoms with Crippen LogP contribution in [0.15, 0.2) is 35.6 Å². The van der Waals surface area contributed by atoms with Gasteiger partial charge in [-0.05, 0) is 17.9 Å². The second-order valence-corrected chi connectivity index (χ2v) is 5.41. The van der Waals surface area contributed by atoms with Crippen LogP contribution in [-0.2, 0) is 0 Å². The molecule has 1 N–H and O–H groups in total. The maximum absolute atomic E-state index is 12.2. The van der Waals surface area contributed by atoms with E-state index in [4.69, 9.17) is 0 Å². The predicted molar refractivity (Wildman–Crippen MR) is 74.7 cm³/mol. The van der Waals surface area contributed by atoms with Crippen LogP contribution in [0.2, 0.25) is 0 Å². The Labute approximate surface area is 114 Å². The van der Waals surface area contributed by atoms with Crippen LogP contribution >= 0.6 is 11.3 Å². The second kappa shape index (κ2) is 4.60. The first-order valence-electron chi connectivity index (χ1n) is 5.74. The van der Waals surface area contributed by atoms with E-state index in [0.29, 0.717) is 10.5 Å². The number of fused-ring (bicyclic) bond motifs is 1. The van der Waals surface area contributed by atoms with E-state index in [1.54, 1.807) is 18.5 Å². The van der Waals surface area contributed by atoms with Gasteiger partial charge in [-0.3, -0.25) is 4.79 Å². The summed E-state index contributed by atoms with van der Waals surface area (Å²) in [5.74, 6) is -0.392. The molecule has 0 bridgehead atoms. The van der Waals surface area contributed by atoms with Crippen molar-refractivity contribution in [3.8, 4) is 0 Å². The summed E-state index contributed by atoms with van der Waals surface area (Å²) in [6.07, 6.45) is 3.20. The number of benzene rings is 1. The monoisotopic (exact) mass is 271 g/mol. The molecule has 2 aromatic rings. The van der Waals surface area contributed by atoms with Gasteiger partial charge in [0.1, 0.15) is 0 Å². The largest absolute Gasteiger partial charge is 0.474 e. The number of hydrogen-bond acceptors (Lipinski definition) is 5. The lowest BCUT2D eigenvalue weighted by Crippen LogP contribution is -2.52. The number of carbonyl (C=O) groups is 1. The van der Waals surface area contributed by atoms with Gasteiger partial charge in [0.2, 0.25) is 0 Å². The molecule has 1 aliphatic rings. The fourth-order valence-electron chi connectivity index (χ4n) is 1.90. The van der Waals surface area contributed by atoms with Gasteiger partial charge in [-0.1, -0.05) is 24.3 Å². The average Bonchev–Trinajstić information content (AvgIpc) is 2.85. The van der Waals surface area contributed by atoms with E-state index >= 15 is 0 Å². The Bertz CT molecular complexity index is 670. The smallest absolute Gasteiger partial charge is 0.427 e. The Balaban J connectivity index is 1.94. The van der Waals surface area contributed by atoms with Crippen molar-refractivity contribution in [1.29, 1.82) is 0 Å². The van der Waals surface area contributed by atoms with Gasteiger partial charge < -0.3 is 5.02 Å². The van der Waals surface area contributed by atoms with E-state index in [2.05, 4.69) is 10.1 Å². The third-order valence-corrected chi connectivity index (χ3v) is 3.74. The molecule has 1 aromatic carbocycles. The average molecular weight is 271 g/mol. The Kier molecular flexibility index (Phi) is 2.92. The molecule has 0 saturated heterocycles. The van der Waals surface area contributed by atoms with Crippen LogP contribution in [0.1, 0.15) is 20.2 Å². The van der Waals surface area contributed by atoms with Crippen LogP contribution in [0.25, 0.3) is 0 Å². The second-order valence-electron chi connectivity index (χ2n) is 4.17. The molecular formula is C12H10BN3O2S. The minimum absolute atomic E-state index is 0.327. The Hall–Kier alpha value is -1.99. The van der Waals surface area contributed by atoms with E-state index in [-0.39, 0.29) is 0 Å². The summed E-state index contributed by atoms with van der Waals surface area (Å²) < 4.78 is 0. The molecule has 19 heavy (non-hydrogen) atoms. The minimum atomic E-state index is -1.07. The van der Waals surface area contributed by atoms with E-state index in [1.165, 1.54) is 11.3 Å².